The van der Waals surface area contributed by atoms with Gasteiger partial charge < -0.3 is 19.5 Å². The lowest BCUT2D eigenvalue weighted by atomic mass is 10.0. The highest BCUT2D eigenvalue weighted by atomic mass is 35.5. The summed E-state index contributed by atoms with van der Waals surface area (Å²) < 4.78 is 8.73. The lowest BCUT2D eigenvalue weighted by molar-refractivity contribution is 0.122. The van der Waals surface area contributed by atoms with Gasteiger partial charge in [0, 0.05) is 25.8 Å². The maximum atomic E-state index is 13.7. The van der Waals surface area contributed by atoms with Crippen LogP contribution in [0.3, 0.4) is 0 Å². The molecular weight excluding hydrogens is 482 g/mol. The zero-order chi connectivity index (χ0) is 24.2. The number of imidazole rings is 1. The van der Waals surface area contributed by atoms with Crippen LogP contribution in [0.4, 0.5) is 11.8 Å². The van der Waals surface area contributed by atoms with E-state index in [0.29, 0.717) is 46.7 Å². The minimum atomic E-state index is -0.213. The van der Waals surface area contributed by atoms with Gasteiger partial charge in [0.25, 0.3) is 5.56 Å². The van der Waals surface area contributed by atoms with Gasteiger partial charge in [-0.05, 0) is 24.6 Å². The molecule has 1 atom stereocenters. The van der Waals surface area contributed by atoms with Crippen molar-refractivity contribution in [2.75, 3.05) is 42.6 Å². The van der Waals surface area contributed by atoms with Crippen molar-refractivity contribution in [1.82, 2.24) is 34.1 Å². The molecule has 0 amide bonds. The summed E-state index contributed by atoms with van der Waals surface area (Å²) in [6.07, 6.45) is 4.16. The first kappa shape index (κ1) is 21.3. The van der Waals surface area contributed by atoms with Crippen molar-refractivity contribution in [3.05, 3.63) is 70.1 Å². The van der Waals surface area contributed by atoms with Crippen LogP contribution in [-0.4, -0.2) is 67.0 Å². The smallest absolute Gasteiger partial charge is 0.284 e. The highest BCUT2D eigenvalue weighted by molar-refractivity contribution is 6.33. The molecule has 4 aromatic heterocycles. The Balaban J connectivity index is 1.38. The number of halogens is 1. The maximum Gasteiger partial charge on any atom is 0.284 e. The van der Waals surface area contributed by atoms with Crippen molar-refractivity contribution < 1.29 is 4.74 Å². The summed E-state index contributed by atoms with van der Waals surface area (Å²) in [5.74, 6) is 1.97. The van der Waals surface area contributed by atoms with E-state index >= 15 is 0 Å². The topological polar surface area (TPSA) is 109 Å². The van der Waals surface area contributed by atoms with Crippen molar-refractivity contribution in [3.63, 3.8) is 0 Å². The number of para-hydroxylation sites is 1. The number of hydrogen-bond acceptors (Lipinski definition) is 8. The molecule has 0 aliphatic carbocycles. The molecule has 2 saturated heterocycles. The summed E-state index contributed by atoms with van der Waals surface area (Å²) in [4.78, 5) is 35.2. The van der Waals surface area contributed by atoms with Crippen LogP contribution in [0, 0.1) is 0 Å². The number of morpholine rings is 1. The van der Waals surface area contributed by atoms with Crippen molar-refractivity contribution in [3.8, 4) is 5.69 Å². The molecule has 0 bridgehead atoms. The average Bonchev–Trinajstić information content (AvgIpc) is 3.51. The Labute approximate surface area is 209 Å². The van der Waals surface area contributed by atoms with Crippen LogP contribution < -0.4 is 15.4 Å². The lowest BCUT2D eigenvalue weighted by Crippen LogP contribution is -2.45. The molecule has 2 fully saturated rings. The second kappa shape index (κ2) is 8.32. The number of H-pyrrole nitrogens is 1. The Bertz CT molecular complexity index is 1640. The summed E-state index contributed by atoms with van der Waals surface area (Å²) in [6, 6.07) is 11.0. The first-order chi connectivity index (χ1) is 17.7. The van der Waals surface area contributed by atoms with Crippen LogP contribution >= 0.6 is 11.6 Å². The molecule has 5 aromatic rings. The maximum absolute atomic E-state index is 13.7. The summed E-state index contributed by atoms with van der Waals surface area (Å²) in [6.45, 7) is 3.48. The number of fused-ring (bicyclic) bond motifs is 2. The van der Waals surface area contributed by atoms with Crippen molar-refractivity contribution in [2.45, 2.75) is 12.5 Å². The number of nitrogens with one attached hydrogen (secondary N) is 1. The minimum Gasteiger partial charge on any atom is -0.378 e. The van der Waals surface area contributed by atoms with Gasteiger partial charge in [-0.2, -0.15) is 15.1 Å². The largest absolute Gasteiger partial charge is 0.378 e. The normalized spacial score (nSPS) is 18.2. The van der Waals surface area contributed by atoms with E-state index in [2.05, 4.69) is 19.8 Å². The highest BCUT2D eigenvalue weighted by Crippen LogP contribution is 2.39. The average molecular weight is 504 g/mol. The Morgan fingerprint density at radius 3 is 2.67 bits per heavy atom. The monoisotopic (exact) mass is 503 g/mol. The number of aromatic amines is 1. The fourth-order valence-electron chi connectivity index (χ4n) is 4.91. The first-order valence-corrected chi connectivity index (χ1v) is 12.2. The zero-order valence-corrected chi connectivity index (χ0v) is 20.0. The number of hydrogen-bond donors (Lipinski definition) is 1. The van der Waals surface area contributed by atoms with E-state index in [4.69, 9.17) is 31.4 Å². The van der Waals surface area contributed by atoms with Crippen LogP contribution in [0.1, 0.15) is 18.3 Å². The lowest BCUT2D eigenvalue weighted by Gasteiger charge is -2.42. The molecule has 0 spiro atoms. The van der Waals surface area contributed by atoms with Gasteiger partial charge in [0.2, 0.25) is 5.95 Å². The molecule has 36 heavy (non-hydrogen) atoms. The van der Waals surface area contributed by atoms with Crippen molar-refractivity contribution in [1.29, 1.82) is 0 Å². The quantitative estimate of drug-likeness (QED) is 0.398. The Kier molecular flexibility index (Phi) is 4.93. The van der Waals surface area contributed by atoms with Crippen LogP contribution in [0.2, 0.25) is 5.02 Å². The molecule has 7 rings (SSSR count). The summed E-state index contributed by atoms with van der Waals surface area (Å²) in [7, 11) is 0. The molecule has 1 unspecified atom stereocenters. The van der Waals surface area contributed by atoms with Gasteiger partial charge in [-0.15, -0.1) is 0 Å². The molecule has 0 saturated carbocycles. The Morgan fingerprint density at radius 1 is 1.06 bits per heavy atom. The zero-order valence-electron chi connectivity index (χ0n) is 19.2. The van der Waals surface area contributed by atoms with E-state index in [1.165, 1.54) is 0 Å². The summed E-state index contributed by atoms with van der Waals surface area (Å²) in [5, 5.41) is 5.24. The fourth-order valence-corrected chi connectivity index (χ4v) is 5.14. The molecule has 1 N–H and O–H groups in total. The Hall–Kier alpha value is -3.96. The third kappa shape index (κ3) is 3.27. The number of ether oxygens (including phenoxy) is 1. The number of anilines is 2. The number of rotatable bonds is 4. The predicted octanol–water partition coefficient (Wildman–Crippen LogP) is 2.59. The second-order valence-electron chi connectivity index (χ2n) is 8.84. The third-order valence-electron chi connectivity index (χ3n) is 6.81. The van der Waals surface area contributed by atoms with Gasteiger partial charge in [0.15, 0.2) is 22.8 Å². The highest BCUT2D eigenvalue weighted by Gasteiger charge is 2.37. The van der Waals surface area contributed by atoms with Crippen molar-refractivity contribution in [2.24, 2.45) is 0 Å². The summed E-state index contributed by atoms with van der Waals surface area (Å²) >= 11 is 6.36. The van der Waals surface area contributed by atoms with Gasteiger partial charge >= 0.3 is 0 Å². The number of aromatic nitrogens is 7. The molecule has 2 aliphatic rings. The molecule has 182 valence electrons. The summed E-state index contributed by atoms with van der Waals surface area (Å²) in [5.41, 5.74) is 2.23. The van der Waals surface area contributed by atoms with E-state index in [0.717, 1.165) is 37.6 Å². The SMILES string of the molecule is O=c1c2c(Cl)ccn2nc(C2CCN2c2nc(N3CCOCC3)nc3[nH]cnc23)n1-c1ccccc1. The van der Waals surface area contributed by atoms with Gasteiger partial charge in [-0.25, -0.2) is 9.50 Å². The molecule has 1 aromatic carbocycles. The van der Waals surface area contributed by atoms with Crippen LogP contribution in [0.25, 0.3) is 22.4 Å². The number of nitrogens with zero attached hydrogens (tertiary/aromatic N) is 8. The van der Waals surface area contributed by atoms with Crippen LogP contribution in [-0.2, 0) is 4.74 Å². The van der Waals surface area contributed by atoms with E-state index in [9.17, 15) is 4.79 Å². The van der Waals surface area contributed by atoms with Gasteiger partial charge in [-0.3, -0.25) is 9.36 Å². The molecule has 0 radical (unpaired) electrons. The van der Waals surface area contributed by atoms with E-state index in [-0.39, 0.29) is 11.6 Å². The fraction of sp³-hybridized carbons (Fsp3) is 0.292. The van der Waals surface area contributed by atoms with Gasteiger partial charge in [-0.1, -0.05) is 29.8 Å². The van der Waals surface area contributed by atoms with E-state index in [1.807, 2.05) is 30.3 Å². The molecule has 11 nitrogen and oxygen atoms in total. The predicted molar refractivity (Wildman–Crippen MR) is 135 cm³/mol. The standard InChI is InChI=1S/C24H22ClN9O2/c25-16-6-9-33-19(16)23(35)34(15-4-2-1-3-5-15)21(30-33)17-7-8-32(17)22-18-20(27-14-26-18)28-24(29-22)31-10-12-36-13-11-31/h1-6,9,14,17H,7-8,10-13H2,(H,26,27,28,29). The van der Waals surface area contributed by atoms with E-state index in [1.54, 1.807) is 27.7 Å². The van der Waals surface area contributed by atoms with E-state index < -0.39 is 0 Å². The van der Waals surface area contributed by atoms with Crippen LogP contribution in [0.15, 0.2) is 53.7 Å². The second-order valence-corrected chi connectivity index (χ2v) is 9.24. The number of benzene rings is 1. The van der Waals surface area contributed by atoms with Crippen LogP contribution in [0.5, 0.6) is 0 Å². The van der Waals surface area contributed by atoms with Gasteiger partial charge in [0.1, 0.15) is 5.52 Å². The molecular formula is C24H22ClN9O2. The Morgan fingerprint density at radius 2 is 1.89 bits per heavy atom. The molecule has 12 heteroatoms. The first-order valence-electron chi connectivity index (χ1n) is 11.8. The third-order valence-corrected chi connectivity index (χ3v) is 7.11. The minimum absolute atomic E-state index is 0.184. The molecule has 2 aliphatic heterocycles. The van der Waals surface area contributed by atoms with Crippen molar-refractivity contribution >= 4 is 40.0 Å². The molecule has 6 heterocycles. The van der Waals surface area contributed by atoms with Gasteiger partial charge in [0.05, 0.1) is 36.3 Å².